The van der Waals surface area contributed by atoms with Crippen molar-refractivity contribution >= 4 is 40.0 Å². The molecule has 0 radical (unpaired) electrons. The first kappa shape index (κ1) is 13.6. The summed E-state index contributed by atoms with van der Waals surface area (Å²) in [6, 6.07) is 10.0. The summed E-state index contributed by atoms with van der Waals surface area (Å²) in [5.41, 5.74) is 3.80. The quantitative estimate of drug-likeness (QED) is 0.451. The van der Waals surface area contributed by atoms with Gasteiger partial charge in [-0.15, -0.1) is 11.6 Å². The molecular formula is C14H13ClINO. The SMILES string of the molecule is Cc1cc(C(=O)CCl)c(C)n1-c1ccccc1I. The molecule has 0 amide bonds. The molecule has 0 N–H and O–H groups in total. The van der Waals surface area contributed by atoms with Gasteiger partial charge >= 0.3 is 0 Å². The van der Waals surface area contributed by atoms with Crippen LogP contribution in [0.5, 0.6) is 0 Å². The van der Waals surface area contributed by atoms with Gasteiger partial charge in [0.25, 0.3) is 0 Å². The molecule has 0 fully saturated rings. The van der Waals surface area contributed by atoms with Crippen LogP contribution in [0.4, 0.5) is 0 Å². The van der Waals surface area contributed by atoms with Gasteiger partial charge in [-0.3, -0.25) is 4.79 Å². The van der Waals surface area contributed by atoms with E-state index in [1.54, 1.807) is 0 Å². The van der Waals surface area contributed by atoms with Gasteiger partial charge < -0.3 is 4.57 Å². The van der Waals surface area contributed by atoms with E-state index in [2.05, 4.69) is 39.3 Å². The second-order valence-electron chi connectivity index (χ2n) is 4.13. The van der Waals surface area contributed by atoms with Crippen molar-refractivity contribution in [3.05, 3.63) is 50.9 Å². The van der Waals surface area contributed by atoms with Crippen LogP contribution in [0.15, 0.2) is 30.3 Å². The molecule has 0 saturated heterocycles. The third kappa shape index (κ3) is 2.34. The average Bonchev–Trinajstić information content (AvgIpc) is 2.65. The molecule has 0 saturated carbocycles. The molecule has 2 rings (SSSR count). The zero-order chi connectivity index (χ0) is 13.3. The summed E-state index contributed by atoms with van der Waals surface area (Å²) in [5.74, 6) is -0.00198. The highest BCUT2D eigenvalue weighted by molar-refractivity contribution is 14.1. The first-order chi connectivity index (χ1) is 8.56. The first-order valence-corrected chi connectivity index (χ1v) is 7.20. The summed E-state index contributed by atoms with van der Waals surface area (Å²) in [7, 11) is 0. The number of rotatable bonds is 3. The maximum absolute atomic E-state index is 11.8. The summed E-state index contributed by atoms with van der Waals surface area (Å²) in [5, 5.41) is 0. The number of halogens is 2. The second-order valence-corrected chi connectivity index (χ2v) is 5.56. The molecule has 2 aromatic rings. The van der Waals surface area contributed by atoms with Crippen molar-refractivity contribution < 1.29 is 4.79 Å². The number of hydrogen-bond acceptors (Lipinski definition) is 1. The molecule has 0 aliphatic rings. The van der Waals surface area contributed by atoms with E-state index in [4.69, 9.17) is 11.6 Å². The van der Waals surface area contributed by atoms with Crippen molar-refractivity contribution in [2.45, 2.75) is 13.8 Å². The second kappa shape index (κ2) is 5.45. The van der Waals surface area contributed by atoms with Crippen LogP contribution < -0.4 is 0 Å². The third-order valence-electron chi connectivity index (χ3n) is 2.95. The van der Waals surface area contributed by atoms with Gasteiger partial charge in [-0.05, 0) is 54.6 Å². The molecule has 1 heterocycles. The average molecular weight is 374 g/mol. The van der Waals surface area contributed by atoms with Gasteiger partial charge in [0.2, 0.25) is 0 Å². The Morgan fingerprint density at radius 1 is 1.33 bits per heavy atom. The maximum atomic E-state index is 11.8. The van der Waals surface area contributed by atoms with E-state index >= 15 is 0 Å². The van der Waals surface area contributed by atoms with Crippen molar-refractivity contribution in [2.24, 2.45) is 0 Å². The van der Waals surface area contributed by atoms with Crippen LogP contribution in [0.25, 0.3) is 5.69 Å². The highest BCUT2D eigenvalue weighted by Crippen LogP contribution is 2.24. The lowest BCUT2D eigenvalue weighted by Gasteiger charge is -2.11. The third-order valence-corrected chi connectivity index (χ3v) is 4.10. The molecule has 4 heteroatoms. The van der Waals surface area contributed by atoms with E-state index in [1.165, 1.54) is 0 Å². The summed E-state index contributed by atoms with van der Waals surface area (Å²) >= 11 is 7.94. The van der Waals surface area contributed by atoms with Crippen molar-refractivity contribution in [3.8, 4) is 5.69 Å². The highest BCUT2D eigenvalue weighted by Gasteiger charge is 2.16. The predicted octanol–water partition coefficient (Wildman–Crippen LogP) is 4.12. The smallest absolute Gasteiger partial charge is 0.179 e. The summed E-state index contributed by atoms with van der Waals surface area (Å²) in [4.78, 5) is 11.8. The topological polar surface area (TPSA) is 22.0 Å². The van der Waals surface area contributed by atoms with Gasteiger partial charge in [-0.1, -0.05) is 12.1 Å². The largest absolute Gasteiger partial charge is 0.317 e. The Kier molecular flexibility index (Phi) is 4.12. The lowest BCUT2D eigenvalue weighted by molar-refractivity contribution is 0.102. The van der Waals surface area contributed by atoms with Crippen LogP contribution in [0.3, 0.4) is 0 Å². The van der Waals surface area contributed by atoms with Crippen molar-refractivity contribution in [3.63, 3.8) is 0 Å². The number of para-hydroxylation sites is 1. The van der Waals surface area contributed by atoms with Crippen molar-refractivity contribution in [1.82, 2.24) is 4.57 Å². The van der Waals surface area contributed by atoms with Crippen LogP contribution in [0, 0.1) is 17.4 Å². The first-order valence-electron chi connectivity index (χ1n) is 5.59. The van der Waals surface area contributed by atoms with E-state index in [9.17, 15) is 4.79 Å². The van der Waals surface area contributed by atoms with Crippen LogP contribution >= 0.6 is 34.2 Å². The van der Waals surface area contributed by atoms with E-state index < -0.39 is 0 Å². The molecule has 0 bridgehead atoms. The Balaban J connectivity index is 2.63. The zero-order valence-electron chi connectivity index (χ0n) is 10.2. The minimum atomic E-state index is -0.0260. The van der Waals surface area contributed by atoms with E-state index in [-0.39, 0.29) is 11.7 Å². The Morgan fingerprint density at radius 2 is 2.00 bits per heavy atom. The summed E-state index contributed by atoms with van der Waals surface area (Å²) in [6.45, 7) is 3.96. The molecule has 1 aromatic carbocycles. The molecule has 0 unspecified atom stereocenters. The van der Waals surface area contributed by atoms with Gasteiger partial charge in [0.1, 0.15) is 0 Å². The molecule has 1 aromatic heterocycles. The lowest BCUT2D eigenvalue weighted by atomic mass is 10.2. The fraction of sp³-hybridized carbons (Fsp3) is 0.214. The van der Waals surface area contributed by atoms with Gasteiger partial charge in [-0.2, -0.15) is 0 Å². The molecule has 0 spiro atoms. The van der Waals surface area contributed by atoms with Gasteiger partial charge in [-0.25, -0.2) is 0 Å². The number of aryl methyl sites for hydroxylation is 1. The summed E-state index contributed by atoms with van der Waals surface area (Å²) < 4.78 is 3.25. The molecule has 0 atom stereocenters. The maximum Gasteiger partial charge on any atom is 0.179 e. The molecular weight excluding hydrogens is 361 g/mol. The highest BCUT2D eigenvalue weighted by atomic mass is 127. The number of carbonyl (C=O) groups is 1. The number of nitrogens with zero attached hydrogens (tertiary/aromatic N) is 1. The standard InChI is InChI=1S/C14H13ClINO/c1-9-7-11(14(18)8-15)10(2)17(9)13-6-4-3-5-12(13)16/h3-7H,8H2,1-2H3. The number of hydrogen-bond donors (Lipinski definition) is 0. The Morgan fingerprint density at radius 3 is 2.61 bits per heavy atom. The molecule has 2 nitrogen and oxygen atoms in total. The minimum absolute atomic E-state index is 0.0240. The minimum Gasteiger partial charge on any atom is -0.317 e. The van der Waals surface area contributed by atoms with E-state index in [0.29, 0.717) is 5.56 Å². The Bertz CT molecular complexity index is 604. The molecule has 0 aliphatic carbocycles. The number of alkyl halides is 1. The summed E-state index contributed by atoms with van der Waals surface area (Å²) in [6.07, 6.45) is 0. The van der Waals surface area contributed by atoms with E-state index in [1.807, 2.05) is 32.0 Å². The van der Waals surface area contributed by atoms with Crippen molar-refractivity contribution in [2.75, 3.05) is 5.88 Å². The predicted molar refractivity (Wildman–Crippen MR) is 83.0 cm³/mol. The number of carbonyl (C=O) groups excluding carboxylic acids is 1. The van der Waals surface area contributed by atoms with Crippen LogP contribution in [0.1, 0.15) is 21.7 Å². The van der Waals surface area contributed by atoms with Gasteiger partial charge in [0.05, 0.1) is 11.6 Å². The number of benzene rings is 1. The van der Waals surface area contributed by atoms with Gasteiger partial charge in [0, 0.05) is 20.5 Å². The molecule has 94 valence electrons. The molecule has 0 aliphatic heterocycles. The normalized spacial score (nSPS) is 10.7. The van der Waals surface area contributed by atoms with Crippen LogP contribution in [-0.2, 0) is 0 Å². The van der Waals surface area contributed by atoms with Crippen molar-refractivity contribution in [1.29, 1.82) is 0 Å². The lowest BCUT2D eigenvalue weighted by Crippen LogP contribution is -2.05. The Labute approximate surface area is 125 Å². The number of ketones is 1. The fourth-order valence-electron chi connectivity index (χ4n) is 2.12. The fourth-order valence-corrected chi connectivity index (χ4v) is 2.89. The van der Waals surface area contributed by atoms with Crippen LogP contribution in [-0.4, -0.2) is 16.2 Å². The monoisotopic (exact) mass is 373 g/mol. The Hall–Kier alpha value is -0.810. The zero-order valence-corrected chi connectivity index (χ0v) is 13.1. The number of Topliss-reactive ketones (excluding diaryl/α,β-unsaturated/α-hetero) is 1. The number of aromatic nitrogens is 1. The van der Waals surface area contributed by atoms with Crippen LogP contribution in [0.2, 0.25) is 0 Å². The molecule has 18 heavy (non-hydrogen) atoms. The van der Waals surface area contributed by atoms with Gasteiger partial charge in [0.15, 0.2) is 5.78 Å². The van der Waals surface area contributed by atoms with E-state index in [0.717, 1.165) is 20.6 Å².